The zero-order valence-electron chi connectivity index (χ0n) is 11.7. The quantitative estimate of drug-likeness (QED) is 0.739. The highest BCUT2D eigenvalue weighted by molar-refractivity contribution is 5.06. The van der Waals surface area contributed by atoms with Crippen molar-refractivity contribution in [3.63, 3.8) is 0 Å². The minimum absolute atomic E-state index is 0.0877. The summed E-state index contributed by atoms with van der Waals surface area (Å²) >= 11 is 0. The van der Waals surface area contributed by atoms with Crippen molar-refractivity contribution in [2.24, 2.45) is 0 Å². The summed E-state index contributed by atoms with van der Waals surface area (Å²) in [5, 5.41) is 3.57. The van der Waals surface area contributed by atoms with Crippen molar-refractivity contribution in [2.75, 3.05) is 39.6 Å². The van der Waals surface area contributed by atoms with E-state index in [4.69, 9.17) is 14.2 Å². The van der Waals surface area contributed by atoms with Crippen molar-refractivity contribution in [1.82, 2.24) is 5.32 Å². The van der Waals surface area contributed by atoms with Gasteiger partial charge in [0.2, 0.25) is 0 Å². The van der Waals surface area contributed by atoms with Gasteiger partial charge in [0, 0.05) is 25.3 Å². The summed E-state index contributed by atoms with van der Waals surface area (Å²) in [6.45, 7) is 12.6. The predicted octanol–water partition coefficient (Wildman–Crippen LogP) is 1.59. The average molecular weight is 245 g/mol. The maximum atomic E-state index is 6.06. The molecular weight excluding hydrogens is 218 g/mol. The Balaban J connectivity index is 2.82. The molecular formula is C13H27NO3. The van der Waals surface area contributed by atoms with Gasteiger partial charge in [-0.3, -0.25) is 0 Å². The van der Waals surface area contributed by atoms with Gasteiger partial charge in [-0.25, -0.2) is 0 Å². The maximum absolute atomic E-state index is 6.06. The highest BCUT2D eigenvalue weighted by Crippen LogP contribution is 2.33. The minimum atomic E-state index is -0.369. The van der Waals surface area contributed by atoms with Gasteiger partial charge in [-0.1, -0.05) is 6.92 Å². The molecule has 17 heavy (non-hydrogen) atoms. The molecule has 0 aromatic rings. The van der Waals surface area contributed by atoms with Gasteiger partial charge in [0.25, 0.3) is 0 Å². The Bertz CT molecular complexity index is 215. The van der Waals surface area contributed by atoms with E-state index in [0.29, 0.717) is 26.4 Å². The molecule has 4 heteroatoms. The van der Waals surface area contributed by atoms with Crippen LogP contribution in [0.25, 0.3) is 0 Å². The molecule has 0 radical (unpaired) electrons. The molecule has 0 aromatic heterocycles. The molecule has 1 aliphatic heterocycles. The van der Waals surface area contributed by atoms with Crippen LogP contribution in [0.3, 0.4) is 0 Å². The van der Waals surface area contributed by atoms with E-state index in [1.807, 2.05) is 13.8 Å². The third kappa shape index (κ3) is 3.19. The summed E-state index contributed by atoms with van der Waals surface area (Å²) in [4.78, 5) is 0. The second-order valence-corrected chi connectivity index (χ2v) is 4.73. The van der Waals surface area contributed by atoms with E-state index in [9.17, 15) is 0 Å². The Morgan fingerprint density at radius 1 is 1.12 bits per heavy atom. The molecule has 1 N–H and O–H groups in total. The second kappa shape index (κ2) is 6.69. The minimum Gasteiger partial charge on any atom is -0.379 e. The summed E-state index contributed by atoms with van der Waals surface area (Å²) in [6.07, 6.45) is 0.993. The van der Waals surface area contributed by atoms with Crippen LogP contribution < -0.4 is 5.32 Å². The van der Waals surface area contributed by atoms with E-state index in [1.54, 1.807) is 0 Å². The molecule has 0 bridgehead atoms. The van der Waals surface area contributed by atoms with E-state index < -0.39 is 0 Å². The molecule has 0 amide bonds. The molecule has 1 unspecified atom stereocenters. The van der Waals surface area contributed by atoms with Crippen LogP contribution >= 0.6 is 0 Å². The first-order chi connectivity index (χ1) is 8.14. The first-order valence-electron chi connectivity index (χ1n) is 6.68. The van der Waals surface area contributed by atoms with Crippen LogP contribution in [0, 0.1) is 0 Å². The van der Waals surface area contributed by atoms with Gasteiger partial charge in [0.1, 0.15) is 5.60 Å². The third-order valence-electron chi connectivity index (χ3n) is 3.79. The van der Waals surface area contributed by atoms with Crippen LogP contribution in [0.2, 0.25) is 0 Å². The normalized spacial score (nSPS) is 28.2. The number of rotatable bonds is 7. The van der Waals surface area contributed by atoms with E-state index in [1.165, 1.54) is 0 Å². The lowest BCUT2D eigenvalue weighted by Crippen LogP contribution is -2.70. The second-order valence-electron chi connectivity index (χ2n) is 4.73. The molecule has 102 valence electrons. The molecule has 1 saturated heterocycles. The standard InChI is InChI=1S/C13H27NO3/c1-5-12(4)13(10-15-6-2,11-16-7-3)17-9-8-14-12/h14H,5-11H2,1-4H3. The van der Waals surface area contributed by atoms with Crippen molar-refractivity contribution >= 4 is 0 Å². The van der Waals surface area contributed by atoms with E-state index in [0.717, 1.165) is 19.6 Å². The van der Waals surface area contributed by atoms with E-state index >= 15 is 0 Å². The molecule has 0 saturated carbocycles. The molecule has 0 aliphatic carbocycles. The Labute approximate surface area is 105 Å². The van der Waals surface area contributed by atoms with Gasteiger partial charge < -0.3 is 19.5 Å². The Kier molecular flexibility index (Phi) is 5.86. The molecule has 4 nitrogen and oxygen atoms in total. The molecule has 1 aliphatic rings. The van der Waals surface area contributed by atoms with E-state index in [2.05, 4.69) is 19.2 Å². The number of ether oxygens (including phenoxy) is 3. The topological polar surface area (TPSA) is 39.7 Å². The largest absolute Gasteiger partial charge is 0.379 e. The predicted molar refractivity (Wildman–Crippen MR) is 68.4 cm³/mol. The lowest BCUT2D eigenvalue weighted by atomic mass is 9.78. The summed E-state index contributed by atoms with van der Waals surface area (Å²) < 4.78 is 17.3. The lowest BCUT2D eigenvalue weighted by Gasteiger charge is -2.51. The van der Waals surface area contributed by atoms with Gasteiger partial charge in [-0.05, 0) is 27.2 Å². The number of hydrogen-bond donors (Lipinski definition) is 1. The van der Waals surface area contributed by atoms with Gasteiger partial charge in [-0.15, -0.1) is 0 Å². The van der Waals surface area contributed by atoms with E-state index in [-0.39, 0.29) is 11.1 Å². The molecule has 1 atom stereocenters. The molecule has 1 rings (SSSR count). The monoisotopic (exact) mass is 245 g/mol. The highest BCUT2D eigenvalue weighted by Gasteiger charge is 2.50. The van der Waals surface area contributed by atoms with Crippen LogP contribution in [0.1, 0.15) is 34.1 Å². The molecule has 0 spiro atoms. The first-order valence-corrected chi connectivity index (χ1v) is 6.68. The maximum Gasteiger partial charge on any atom is 0.132 e. The van der Waals surface area contributed by atoms with Gasteiger partial charge in [0.15, 0.2) is 0 Å². The Morgan fingerprint density at radius 3 is 2.18 bits per heavy atom. The van der Waals surface area contributed by atoms with Crippen molar-refractivity contribution in [3.8, 4) is 0 Å². The number of hydrogen-bond acceptors (Lipinski definition) is 4. The van der Waals surface area contributed by atoms with Gasteiger partial charge in [0.05, 0.1) is 19.8 Å². The summed E-state index contributed by atoms with van der Waals surface area (Å²) in [5.41, 5.74) is -0.457. The van der Waals surface area contributed by atoms with Gasteiger partial charge in [-0.2, -0.15) is 0 Å². The van der Waals surface area contributed by atoms with Crippen LogP contribution in [-0.2, 0) is 14.2 Å². The van der Waals surface area contributed by atoms with Crippen LogP contribution in [0.5, 0.6) is 0 Å². The first kappa shape index (κ1) is 14.9. The Morgan fingerprint density at radius 2 is 1.71 bits per heavy atom. The fourth-order valence-electron chi connectivity index (χ4n) is 2.32. The fourth-order valence-corrected chi connectivity index (χ4v) is 2.32. The van der Waals surface area contributed by atoms with Crippen LogP contribution in [-0.4, -0.2) is 50.7 Å². The van der Waals surface area contributed by atoms with Crippen LogP contribution in [0.4, 0.5) is 0 Å². The smallest absolute Gasteiger partial charge is 0.132 e. The molecule has 1 fully saturated rings. The zero-order valence-corrected chi connectivity index (χ0v) is 11.7. The average Bonchev–Trinajstić information content (AvgIpc) is 2.36. The Hall–Kier alpha value is -0.160. The van der Waals surface area contributed by atoms with Gasteiger partial charge >= 0.3 is 0 Å². The molecule has 0 aromatic carbocycles. The molecule has 1 heterocycles. The highest BCUT2D eigenvalue weighted by atomic mass is 16.6. The third-order valence-corrected chi connectivity index (χ3v) is 3.79. The number of morpholine rings is 1. The van der Waals surface area contributed by atoms with Crippen molar-refractivity contribution in [2.45, 2.75) is 45.3 Å². The van der Waals surface area contributed by atoms with Crippen LogP contribution in [0.15, 0.2) is 0 Å². The van der Waals surface area contributed by atoms with Crippen molar-refractivity contribution in [3.05, 3.63) is 0 Å². The summed E-state index contributed by atoms with van der Waals surface area (Å²) in [6, 6.07) is 0. The summed E-state index contributed by atoms with van der Waals surface area (Å²) in [7, 11) is 0. The van der Waals surface area contributed by atoms with Crippen molar-refractivity contribution < 1.29 is 14.2 Å². The number of nitrogens with one attached hydrogen (secondary N) is 1. The SMILES string of the molecule is CCOCC1(COCC)OCCNC1(C)CC. The summed E-state index contributed by atoms with van der Waals surface area (Å²) in [5.74, 6) is 0. The fraction of sp³-hybridized carbons (Fsp3) is 1.00. The van der Waals surface area contributed by atoms with Crippen molar-refractivity contribution in [1.29, 1.82) is 0 Å². The zero-order chi connectivity index (χ0) is 12.8. The lowest BCUT2D eigenvalue weighted by molar-refractivity contribution is -0.195.